The Labute approximate surface area is 184 Å². The molecule has 0 aliphatic heterocycles. The van der Waals surface area contributed by atoms with Crippen molar-refractivity contribution in [1.82, 2.24) is 9.55 Å². The van der Waals surface area contributed by atoms with Gasteiger partial charge in [0.25, 0.3) is 5.56 Å². The molecule has 0 fully saturated rings. The Hall–Kier alpha value is -3.25. The third-order valence-corrected chi connectivity index (χ3v) is 6.19. The first-order valence-electron chi connectivity index (χ1n) is 10.3. The van der Waals surface area contributed by atoms with E-state index in [1.165, 1.54) is 11.3 Å². The lowest BCUT2D eigenvalue weighted by atomic mass is 10.0. The van der Waals surface area contributed by atoms with E-state index < -0.39 is 5.97 Å². The Morgan fingerprint density at radius 1 is 1.03 bits per heavy atom. The predicted octanol–water partition coefficient (Wildman–Crippen LogP) is 5.78. The summed E-state index contributed by atoms with van der Waals surface area (Å²) < 4.78 is 1.66. The van der Waals surface area contributed by atoms with Crippen molar-refractivity contribution < 1.29 is 9.90 Å². The minimum atomic E-state index is -0.858. The van der Waals surface area contributed by atoms with Crippen LogP contribution in [0.4, 0.5) is 0 Å². The van der Waals surface area contributed by atoms with Gasteiger partial charge in [0.05, 0.1) is 5.39 Å². The van der Waals surface area contributed by atoms with E-state index in [4.69, 9.17) is 10.1 Å². The van der Waals surface area contributed by atoms with E-state index in [1.54, 1.807) is 4.57 Å². The van der Waals surface area contributed by atoms with Gasteiger partial charge in [-0.05, 0) is 23.1 Å². The topological polar surface area (TPSA) is 72.2 Å². The highest BCUT2D eigenvalue weighted by atomic mass is 32.1. The number of carboxylic acid groups (broad SMARTS) is 1. The lowest BCUT2D eigenvalue weighted by molar-refractivity contribution is -0.137. The van der Waals surface area contributed by atoms with E-state index in [0.717, 1.165) is 27.1 Å². The first-order chi connectivity index (χ1) is 15.0. The van der Waals surface area contributed by atoms with Gasteiger partial charge < -0.3 is 5.11 Å². The summed E-state index contributed by atoms with van der Waals surface area (Å²) in [4.78, 5) is 29.9. The fourth-order valence-electron chi connectivity index (χ4n) is 3.77. The molecule has 4 aromatic rings. The van der Waals surface area contributed by atoms with Crippen molar-refractivity contribution in [3.8, 4) is 22.3 Å². The van der Waals surface area contributed by atoms with E-state index in [1.807, 2.05) is 49.6 Å². The van der Waals surface area contributed by atoms with Crippen LogP contribution in [0.3, 0.4) is 0 Å². The van der Waals surface area contributed by atoms with Crippen LogP contribution in [-0.2, 0) is 11.3 Å². The Balaban J connectivity index is 1.77. The molecule has 0 saturated heterocycles. The predicted molar refractivity (Wildman–Crippen MR) is 126 cm³/mol. The van der Waals surface area contributed by atoms with Gasteiger partial charge in [-0.25, -0.2) is 4.98 Å². The molecule has 2 aromatic carbocycles. The molecule has 0 amide bonds. The number of carboxylic acids is 1. The summed E-state index contributed by atoms with van der Waals surface area (Å²) in [5, 5.41) is 11.6. The molecule has 6 heteroatoms. The maximum absolute atomic E-state index is 13.5. The summed E-state index contributed by atoms with van der Waals surface area (Å²) in [6, 6.07) is 18.4. The van der Waals surface area contributed by atoms with E-state index in [9.17, 15) is 9.59 Å². The van der Waals surface area contributed by atoms with Crippen molar-refractivity contribution in [1.29, 1.82) is 0 Å². The highest BCUT2D eigenvalue weighted by molar-refractivity contribution is 7.17. The molecule has 0 radical (unpaired) electrons. The Bertz CT molecular complexity index is 1270. The number of hydrogen-bond donors (Lipinski definition) is 1. The fraction of sp³-hybridized carbons (Fsp3) is 0.240. The molecule has 158 valence electrons. The van der Waals surface area contributed by atoms with Crippen LogP contribution in [0.1, 0.15) is 38.4 Å². The molecule has 1 N–H and O–H groups in total. The molecule has 4 rings (SSSR count). The van der Waals surface area contributed by atoms with E-state index >= 15 is 0 Å². The smallest absolute Gasteiger partial charge is 0.303 e. The molecule has 2 heterocycles. The average Bonchev–Trinajstić information content (AvgIpc) is 3.20. The zero-order valence-electron chi connectivity index (χ0n) is 17.5. The van der Waals surface area contributed by atoms with Gasteiger partial charge in [-0.2, -0.15) is 0 Å². The number of benzene rings is 2. The molecule has 0 aliphatic rings. The maximum Gasteiger partial charge on any atom is 0.303 e. The number of hydrogen-bond acceptors (Lipinski definition) is 4. The molecule has 2 aromatic heterocycles. The van der Waals surface area contributed by atoms with Crippen LogP contribution < -0.4 is 5.56 Å². The van der Waals surface area contributed by atoms with Crippen LogP contribution in [0, 0.1) is 0 Å². The lowest BCUT2D eigenvalue weighted by Gasteiger charge is -2.15. The van der Waals surface area contributed by atoms with Gasteiger partial charge in [-0.3, -0.25) is 14.2 Å². The minimum absolute atomic E-state index is 0.0272. The van der Waals surface area contributed by atoms with Gasteiger partial charge in [-0.15, -0.1) is 11.3 Å². The van der Waals surface area contributed by atoms with Crippen molar-refractivity contribution in [2.45, 2.75) is 39.2 Å². The van der Waals surface area contributed by atoms with Crippen molar-refractivity contribution >= 4 is 27.5 Å². The first kappa shape index (κ1) is 21.0. The summed E-state index contributed by atoms with van der Waals surface area (Å²) >= 11 is 1.47. The van der Waals surface area contributed by atoms with Gasteiger partial charge in [0.2, 0.25) is 0 Å². The number of nitrogens with zero attached hydrogens (tertiary/aromatic N) is 2. The maximum atomic E-state index is 13.5. The Morgan fingerprint density at radius 2 is 1.68 bits per heavy atom. The summed E-state index contributed by atoms with van der Waals surface area (Å²) in [5.41, 5.74) is 4.02. The zero-order chi connectivity index (χ0) is 22.0. The molecule has 0 saturated carbocycles. The molecule has 0 bridgehead atoms. The van der Waals surface area contributed by atoms with Gasteiger partial charge in [0.15, 0.2) is 0 Å². The third-order valence-electron chi connectivity index (χ3n) is 5.32. The van der Waals surface area contributed by atoms with Crippen molar-refractivity contribution in [2.75, 3.05) is 0 Å². The molecule has 0 aliphatic carbocycles. The fourth-order valence-corrected chi connectivity index (χ4v) is 4.72. The number of aliphatic carboxylic acids is 1. The number of thiophene rings is 1. The van der Waals surface area contributed by atoms with Crippen LogP contribution in [0.25, 0.3) is 32.5 Å². The van der Waals surface area contributed by atoms with Crippen LogP contribution in [0.5, 0.6) is 0 Å². The molecule has 31 heavy (non-hydrogen) atoms. The molecular weight excluding hydrogens is 408 g/mol. The van der Waals surface area contributed by atoms with Gasteiger partial charge in [0, 0.05) is 29.8 Å². The van der Waals surface area contributed by atoms with Crippen LogP contribution in [-0.4, -0.2) is 20.6 Å². The van der Waals surface area contributed by atoms with Gasteiger partial charge in [0.1, 0.15) is 10.7 Å². The Morgan fingerprint density at radius 3 is 2.32 bits per heavy atom. The van der Waals surface area contributed by atoms with Crippen molar-refractivity contribution in [2.24, 2.45) is 0 Å². The highest BCUT2D eigenvalue weighted by Crippen LogP contribution is 2.33. The van der Waals surface area contributed by atoms with E-state index in [2.05, 4.69) is 24.3 Å². The van der Waals surface area contributed by atoms with Crippen molar-refractivity contribution in [3.63, 3.8) is 0 Å². The zero-order valence-corrected chi connectivity index (χ0v) is 18.4. The number of rotatable bonds is 7. The first-order valence-corrected chi connectivity index (χ1v) is 11.2. The minimum Gasteiger partial charge on any atom is -0.481 e. The normalized spacial score (nSPS) is 11.3. The summed E-state index contributed by atoms with van der Waals surface area (Å²) in [5.74, 6) is -0.0868. The largest absolute Gasteiger partial charge is 0.481 e. The van der Waals surface area contributed by atoms with Crippen LogP contribution >= 0.6 is 11.3 Å². The Kier molecular flexibility index (Phi) is 6.00. The monoisotopic (exact) mass is 432 g/mol. The van der Waals surface area contributed by atoms with Crippen LogP contribution in [0.15, 0.2) is 64.8 Å². The molecule has 0 atom stereocenters. The number of aromatic nitrogens is 2. The van der Waals surface area contributed by atoms with Crippen molar-refractivity contribution in [3.05, 3.63) is 76.2 Å². The molecule has 5 nitrogen and oxygen atoms in total. The second-order valence-corrected chi connectivity index (χ2v) is 8.71. The third kappa shape index (κ3) is 4.30. The molecule has 0 spiro atoms. The van der Waals surface area contributed by atoms with E-state index in [0.29, 0.717) is 24.2 Å². The molecule has 0 unspecified atom stereocenters. The number of fused-ring (bicyclic) bond motifs is 1. The quantitative estimate of drug-likeness (QED) is 0.402. The highest BCUT2D eigenvalue weighted by Gasteiger charge is 2.18. The van der Waals surface area contributed by atoms with Gasteiger partial charge in [-0.1, -0.05) is 68.4 Å². The molecular formula is C25H24N2O3S. The average molecular weight is 433 g/mol. The van der Waals surface area contributed by atoms with Crippen LogP contribution in [0.2, 0.25) is 0 Å². The summed E-state index contributed by atoms with van der Waals surface area (Å²) in [6.45, 7) is 4.35. The summed E-state index contributed by atoms with van der Waals surface area (Å²) in [7, 11) is 0. The second kappa shape index (κ2) is 8.86. The SMILES string of the molecule is CC(C)c1nc2scc(-c3ccc(-c4ccccc4)cc3)c2c(=O)n1CCCC(=O)O. The van der Waals surface area contributed by atoms with E-state index in [-0.39, 0.29) is 17.9 Å². The standard InChI is InChI=1S/C25H24N2O3S/c1-16(2)23-26-24-22(25(30)27(23)14-6-9-21(28)29)20(15-31-24)19-12-10-18(11-13-19)17-7-4-3-5-8-17/h3-5,7-8,10-13,15-16H,6,9,14H2,1-2H3,(H,28,29). The lowest BCUT2D eigenvalue weighted by Crippen LogP contribution is -2.26. The number of carbonyl (C=O) groups is 1. The van der Waals surface area contributed by atoms with Gasteiger partial charge >= 0.3 is 5.97 Å². The second-order valence-electron chi connectivity index (χ2n) is 7.85. The summed E-state index contributed by atoms with van der Waals surface area (Å²) in [6.07, 6.45) is 0.423.